The Morgan fingerprint density at radius 2 is 1.94 bits per heavy atom. The van der Waals surface area contributed by atoms with Crippen molar-refractivity contribution in [1.82, 2.24) is 0 Å². The van der Waals surface area contributed by atoms with E-state index in [2.05, 4.69) is 0 Å². The largest absolute Gasteiger partial charge is 0.329 e. The minimum atomic E-state index is -3.37. The highest BCUT2D eigenvalue weighted by Crippen LogP contribution is 2.41. The normalized spacial score (nSPS) is 29.1. The zero-order chi connectivity index (χ0) is 12.0. The molecule has 0 aliphatic heterocycles. The Hall–Kier alpha value is -0.620. The van der Waals surface area contributed by atoms with Gasteiger partial charge in [-0.3, -0.25) is 0 Å². The molecule has 4 N–H and O–H groups in total. The number of nitrogens with two attached hydrogens (primary N) is 2. The third-order valence-corrected chi connectivity index (χ3v) is 5.51. The molecule has 1 aromatic carbocycles. The molecular formula is C10H13ClN2O2S. The van der Waals surface area contributed by atoms with E-state index in [9.17, 15) is 8.42 Å². The fraction of sp³-hybridized carbons (Fsp3) is 0.400. The van der Waals surface area contributed by atoms with E-state index in [1.54, 1.807) is 12.1 Å². The third-order valence-electron chi connectivity index (χ3n) is 2.94. The van der Waals surface area contributed by atoms with Crippen molar-refractivity contribution in [2.45, 2.75) is 22.1 Å². The van der Waals surface area contributed by atoms with Crippen molar-refractivity contribution in [1.29, 1.82) is 0 Å². The van der Waals surface area contributed by atoms with Crippen molar-refractivity contribution in [2.75, 3.05) is 6.54 Å². The Morgan fingerprint density at radius 1 is 1.38 bits per heavy atom. The van der Waals surface area contributed by atoms with Crippen molar-refractivity contribution in [3.05, 3.63) is 29.3 Å². The summed E-state index contributed by atoms with van der Waals surface area (Å²) in [5, 5.41) is -0.0567. The first-order valence-corrected chi connectivity index (χ1v) is 6.81. The summed E-state index contributed by atoms with van der Waals surface area (Å²) in [6, 6.07) is 6.09. The molecule has 1 aliphatic carbocycles. The number of rotatable bonds is 3. The van der Waals surface area contributed by atoms with Crippen LogP contribution in [-0.2, 0) is 9.84 Å². The van der Waals surface area contributed by atoms with Crippen molar-refractivity contribution in [3.8, 4) is 0 Å². The zero-order valence-corrected chi connectivity index (χ0v) is 10.1. The van der Waals surface area contributed by atoms with Gasteiger partial charge >= 0.3 is 0 Å². The monoisotopic (exact) mass is 260 g/mol. The molecule has 0 aromatic heterocycles. The molecule has 4 nitrogen and oxygen atoms in total. The molecular weight excluding hydrogens is 248 g/mol. The lowest BCUT2D eigenvalue weighted by atomic mass is 10.3. The third kappa shape index (κ3) is 1.84. The van der Waals surface area contributed by atoms with Crippen LogP contribution in [0.5, 0.6) is 0 Å². The predicted octanol–water partition coefficient (Wildman–Crippen LogP) is 0.542. The van der Waals surface area contributed by atoms with Gasteiger partial charge in [-0.1, -0.05) is 11.6 Å². The summed E-state index contributed by atoms with van der Waals surface area (Å²) in [5.74, 6) is 0. The van der Waals surface area contributed by atoms with Gasteiger partial charge in [-0.25, -0.2) is 8.42 Å². The highest BCUT2D eigenvalue weighted by molar-refractivity contribution is 7.92. The van der Waals surface area contributed by atoms with E-state index in [0.29, 0.717) is 11.4 Å². The Labute approximate surface area is 99.5 Å². The van der Waals surface area contributed by atoms with Gasteiger partial charge in [0.25, 0.3) is 0 Å². The molecule has 1 saturated carbocycles. The Balaban J connectivity index is 2.31. The molecule has 6 heteroatoms. The van der Waals surface area contributed by atoms with Gasteiger partial charge in [-0.05, 0) is 30.7 Å². The van der Waals surface area contributed by atoms with Gasteiger partial charge in [0.15, 0.2) is 9.84 Å². The molecule has 88 valence electrons. The maximum Gasteiger partial charge on any atom is 0.183 e. The Bertz CT molecular complexity index is 500. The summed E-state index contributed by atoms with van der Waals surface area (Å²) in [7, 11) is -3.37. The van der Waals surface area contributed by atoms with E-state index in [0.717, 1.165) is 0 Å². The van der Waals surface area contributed by atoms with Crippen molar-refractivity contribution < 1.29 is 8.42 Å². The molecule has 1 aliphatic rings. The molecule has 1 aromatic rings. The number of hydrogen-bond acceptors (Lipinski definition) is 4. The molecule has 0 heterocycles. The second-order valence-corrected chi connectivity index (χ2v) is 6.70. The predicted molar refractivity (Wildman–Crippen MR) is 63.0 cm³/mol. The van der Waals surface area contributed by atoms with E-state index in [1.807, 2.05) is 0 Å². The number of sulfone groups is 1. The van der Waals surface area contributed by atoms with Gasteiger partial charge in [0.2, 0.25) is 0 Å². The minimum Gasteiger partial charge on any atom is -0.329 e. The summed E-state index contributed by atoms with van der Waals surface area (Å²) in [6.07, 6.45) is 0.425. The second-order valence-electron chi connectivity index (χ2n) is 4.13. The van der Waals surface area contributed by atoms with Crippen LogP contribution >= 0.6 is 11.6 Å². The van der Waals surface area contributed by atoms with Crippen LogP contribution in [0.2, 0.25) is 5.02 Å². The molecule has 1 fully saturated rings. The Kier molecular flexibility index (Phi) is 2.74. The zero-order valence-electron chi connectivity index (χ0n) is 8.56. The molecule has 0 unspecified atom stereocenters. The summed E-state index contributed by atoms with van der Waals surface area (Å²) < 4.78 is 24.2. The van der Waals surface area contributed by atoms with E-state index in [-0.39, 0.29) is 11.4 Å². The fourth-order valence-electron chi connectivity index (χ4n) is 1.71. The van der Waals surface area contributed by atoms with E-state index in [1.165, 1.54) is 12.1 Å². The molecule has 0 saturated heterocycles. The van der Waals surface area contributed by atoms with E-state index < -0.39 is 20.6 Å². The van der Waals surface area contributed by atoms with Crippen LogP contribution in [0.25, 0.3) is 0 Å². The van der Waals surface area contributed by atoms with Crippen molar-refractivity contribution >= 4 is 21.4 Å². The molecule has 0 radical (unpaired) electrons. The summed E-state index contributed by atoms with van der Waals surface area (Å²) in [5.41, 5.74) is 10.5. The number of hydrogen-bond donors (Lipinski definition) is 2. The lowest BCUT2D eigenvalue weighted by Gasteiger charge is -2.08. The number of halogens is 1. The topological polar surface area (TPSA) is 86.2 Å². The second kappa shape index (κ2) is 3.70. The van der Waals surface area contributed by atoms with Crippen LogP contribution in [0.15, 0.2) is 29.2 Å². The van der Waals surface area contributed by atoms with Gasteiger partial charge in [0.1, 0.15) is 0 Å². The highest BCUT2D eigenvalue weighted by atomic mass is 35.5. The highest BCUT2D eigenvalue weighted by Gasteiger charge is 2.58. The van der Waals surface area contributed by atoms with Crippen LogP contribution in [0, 0.1) is 0 Å². The average Bonchev–Trinajstić information content (AvgIpc) is 2.93. The molecule has 0 amide bonds. The van der Waals surface area contributed by atoms with E-state index >= 15 is 0 Å². The van der Waals surface area contributed by atoms with Gasteiger partial charge < -0.3 is 11.5 Å². The maximum atomic E-state index is 12.1. The summed E-state index contributed by atoms with van der Waals surface area (Å²) >= 11 is 5.70. The van der Waals surface area contributed by atoms with Crippen LogP contribution in [-0.4, -0.2) is 25.8 Å². The first-order valence-electron chi connectivity index (χ1n) is 4.88. The summed E-state index contributed by atoms with van der Waals surface area (Å²) in [6.45, 7) is 0.185. The van der Waals surface area contributed by atoms with E-state index in [4.69, 9.17) is 23.1 Å². The minimum absolute atomic E-state index is 0.185. The SMILES string of the molecule is NC[C@@]1(N)C[C@H]1S(=O)(=O)c1ccc(Cl)cc1. The van der Waals surface area contributed by atoms with Crippen molar-refractivity contribution in [3.63, 3.8) is 0 Å². The van der Waals surface area contributed by atoms with Crippen LogP contribution in [0.3, 0.4) is 0 Å². The van der Waals surface area contributed by atoms with Crippen molar-refractivity contribution in [2.24, 2.45) is 11.5 Å². The molecule has 0 bridgehead atoms. The van der Waals surface area contributed by atoms with Gasteiger partial charge in [-0.15, -0.1) is 0 Å². The first kappa shape index (κ1) is 11.9. The van der Waals surface area contributed by atoms with Crippen LogP contribution in [0.1, 0.15) is 6.42 Å². The smallest absolute Gasteiger partial charge is 0.183 e. The summed E-state index contributed by atoms with van der Waals surface area (Å²) in [4.78, 5) is 0.252. The van der Waals surface area contributed by atoms with Gasteiger partial charge in [-0.2, -0.15) is 0 Å². The van der Waals surface area contributed by atoms with Crippen LogP contribution < -0.4 is 11.5 Å². The molecule has 2 atom stereocenters. The lowest BCUT2D eigenvalue weighted by Crippen LogP contribution is -2.38. The van der Waals surface area contributed by atoms with Gasteiger partial charge in [0, 0.05) is 17.1 Å². The average molecular weight is 261 g/mol. The fourth-order valence-corrected chi connectivity index (χ4v) is 3.92. The van der Waals surface area contributed by atoms with Gasteiger partial charge in [0.05, 0.1) is 10.1 Å². The molecule has 16 heavy (non-hydrogen) atoms. The quantitative estimate of drug-likeness (QED) is 0.831. The standard InChI is InChI=1S/C10H13ClN2O2S/c11-7-1-3-8(4-2-7)16(14,15)9-5-10(9,13)6-12/h1-4,9H,5-6,12-13H2/t9-,10+/m1/s1. The van der Waals surface area contributed by atoms with Crippen LogP contribution in [0.4, 0.5) is 0 Å². The maximum absolute atomic E-state index is 12.1. The molecule has 0 spiro atoms. The Morgan fingerprint density at radius 3 is 2.38 bits per heavy atom. The lowest BCUT2D eigenvalue weighted by molar-refractivity contribution is 0.586. The first-order chi connectivity index (χ1) is 7.40. The molecule has 2 rings (SSSR count). The number of benzene rings is 1.